The Hall–Kier alpha value is -0.980. The summed E-state index contributed by atoms with van der Waals surface area (Å²) in [4.78, 5) is 4.56. The molecule has 3 N–H and O–H groups in total. The molecular formula is C16H28IN3O. The van der Waals surface area contributed by atoms with Crippen LogP contribution in [-0.2, 0) is 6.42 Å². The molecule has 0 fully saturated rings. The van der Waals surface area contributed by atoms with Gasteiger partial charge in [0.05, 0.1) is 0 Å². The lowest BCUT2D eigenvalue weighted by atomic mass is 10.1. The van der Waals surface area contributed by atoms with E-state index in [1.807, 2.05) is 12.1 Å². The molecule has 1 aromatic rings. The number of guanidine groups is 1. The fraction of sp³-hybridized carbons (Fsp3) is 0.562. The van der Waals surface area contributed by atoms with Crippen LogP contribution in [0.1, 0.15) is 38.7 Å². The first-order valence-electron chi connectivity index (χ1n) is 7.56. The lowest BCUT2D eigenvalue weighted by molar-refractivity contribution is 0.475. The van der Waals surface area contributed by atoms with Crippen LogP contribution in [0.5, 0.6) is 5.75 Å². The van der Waals surface area contributed by atoms with Gasteiger partial charge in [0.25, 0.3) is 0 Å². The van der Waals surface area contributed by atoms with Crippen molar-refractivity contribution < 1.29 is 5.11 Å². The van der Waals surface area contributed by atoms with Crippen molar-refractivity contribution in [3.63, 3.8) is 0 Å². The average molecular weight is 405 g/mol. The minimum atomic E-state index is 0. The number of aryl methyl sites for hydroxylation is 1. The van der Waals surface area contributed by atoms with Crippen molar-refractivity contribution in [2.45, 2.75) is 39.5 Å². The van der Waals surface area contributed by atoms with Gasteiger partial charge in [0.15, 0.2) is 5.96 Å². The molecule has 0 radical (unpaired) electrons. The molecule has 0 aromatic heterocycles. The molecule has 0 saturated carbocycles. The van der Waals surface area contributed by atoms with Crippen LogP contribution in [0.4, 0.5) is 0 Å². The summed E-state index contributed by atoms with van der Waals surface area (Å²) >= 11 is 0. The molecule has 0 atom stereocenters. The van der Waals surface area contributed by atoms with Gasteiger partial charge in [-0.25, -0.2) is 0 Å². The van der Waals surface area contributed by atoms with E-state index in [1.165, 1.54) is 12.0 Å². The normalized spacial score (nSPS) is 10.9. The van der Waals surface area contributed by atoms with Crippen molar-refractivity contribution in [2.75, 3.05) is 19.6 Å². The zero-order chi connectivity index (χ0) is 14.6. The van der Waals surface area contributed by atoms with Crippen molar-refractivity contribution in [1.82, 2.24) is 10.6 Å². The monoisotopic (exact) mass is 405 g/mol. The van der Waals surface area contributed by atoms with E-state index >= 15 is 0 Å². The SMILES string of the molecule is CCCCNC(=NCCCc1ccc(O)cc1)NCC.I. The third-order valence-corrected chi connectivity index (χ3v) is 3.00. The maximum absolute atomic E-state index is 9.22. The Balaban J connectivity index is 0.00000400. The predicted octanol–water partition coefficient (Wildman–Crippen LogP) is 3.30. The summed E-state index contributed by atoms with van der Waals surface area (Å²) in [7, 11) is 0. The first-order valence-corrected chi connectivity index (χ1v) is 7.56. The molecule has 5 heteroatoms. The molecule has 0 spiro atoms. The highest BCUT2D eigenvalue weighted by atomic mass is 127. The largest absolute Gasteiger partial charge is 0.508 e. The van der Waals surface area contributed by atoms with Gasteiger partial charge in [-0.2, -0.15) is 0 Å². The van der Waals surface area contributed by atoms with Crippen molar-refractivity contribution in [3.8, 4) is 5.75 Å². The highest BCUT2D eigenvalue weighted by molar-refractivity contribution is 14.0. The van der Waals surface area contributed by atoms with Gasteiger partial charge in [0, 0.05) is 19.6 Å². The summed E-state index contributed by atoms with van der Waals surface area (Å²) in [6.45, 7) is 6.93. The standard InChI is InChI=1S/C16H27N3O.HI/c1-3-5-12-18-16(17-4-2)19-13-6-7-14-8-10-15(20)11-9-14;/h8-11,20H,3-7,12-13H2,1-2H3,(H2,17,18,19);1H. The number of nitrogens with one attached hydrogen (secondary N) is 2. The molecule has 0 aliphatic carbocycles. The molecular weight excluding hydrogens is 377 g/mol. The quantitative estimate of drug-likeness (QED) is 0.269. The maximum Gasteiger partial charge on any atom is 0.191 e. The summed E-state index contributed by atoms with van der Waals surface area (Å²) < 4.78 is 0. The second-order valence-corrected chi connectivity index (χ2v) is 4.81. The Bertz CT molecular complexity index is 393. The second kappa shape index (κ2) is 12.7. The van der Waals surface area contributed by atoms with E-state index in [0.29, 0.717) is 5.75 Å². The second-order valence-electron chi connectivity index (χ2n) is 4.81. The number of halogens is 1. The Labute approximate surface area is 145 Å². The van der Waals surface area contributed by atoms with Crippen LogP contribution in [0.15, 0.2) is 29.3 Å². The van der Waals surface area contributed by atoms with Gasteiger partial charge < -0.3 is 15.7 Å². The van der Waals surface area contributed by atoms with Gasteiger partial charge in [-0.05, 0) is 43.9 Å². The van der Waals surface area contributed by atoms with E-state index in [-0.39, 0.29) is 24.0 Å². The number of phenols is 1. The maximum atomic E-state index is 9.22. The topological polar surface area (TPSA) is 56.7 Å². The number of aromatic hydroxyl groups is 1. The third-order valence-electron chi connectivity index (χ3n) is 3.00. The Morgan fingerprint density at radius 1 is 1.10 bits per heavy atom. The molecule has 4 nitrogen and oxygen atoms in total. The number of hydrogen-bond donors (Lipinski definition) is 3. The molecule has 0 aliphatic heterocycles. The van der Waals surface area contributed by atoms with Crippen LogP contribution < -0.4 is 10.6 Å². The lowest BCUT2D eigenvalue weighted by Gasteiger charge is -2.10. The van der Waals surface area contributed by atoms with Gasteiger partial charge in [0.1, 0.15) is 5.75 Å². The highest BCUT2D eigenvalue weighted by Crippen LogP contribution is 2.10. The highest BCUT2D eigenvalue weighted by Gasteiger charge is 1.97. The molecule has 1 rings (SSSR count). The summed E-state index contributed by atoms with van der Waals surface area (Å²) in [5, 5.41) is 15.8. The molecule has 120 valence electrons. The van der Waals surface area contributed by atoms with Gasteiger partial charge in [-0.15, -0.1) is 24.0 Å². The van der Waals surface area contributed by atoms with Crippen molar-refractivity contribution in [3.05, 3.63) is 29.8 Å². The molecule has 0 aliphatic rings. The van der Waals surface area contributed by atoms with Crippen LogP contribution >= 0.6 is 24.0 Å². The van der Waals surface area contributed by atoms with Crippen LogP contribution in [0.3, 0.4) is 0 Å². The summed E-state index contributed by atoms with van der Waals surface area (Å²) in [6, 6.07) is 7.39. The van der Waals surface area contributed by atoms with Gasteiger partial charge >= 0.3 is 0 Å². The average Bonchev–Trinajstić information content (AvgIpc) is 2.45. The van der Waals surface area contributed by atoms with E-state index in [1.54, 1.807) is 12.1 Å². The number of unbranched alkanes of at least 4 members (excludes halogenated alkanes) is 1. The van der Waals surface area contributed by atoms with Crippen molar-refractivity contribution in [1.29, 1.82) is 0 Å². The van der Waals surface area contributed by atoms with E-state index in [4.69, 9.17) is 0 Å². The fourth-order valence-corrected chi connectivity index (χ4v) is 1.86. The minimum absolute atomic E-state index is 0. The van der Waals surface area contributed by atoms with E-state index in [9.17, 15) is 5.11 Å². The van der Waals surface area contributed by atoms with Crippen LogP contribution in [0.25, 0.3) is 0 Å². The Kier molecular flexibility index (Phi) is 12.1. The van der Waals surface area contributed by atoms with Gasteiger partial charge in [-0.1, -0.05) is 25.5 Å². The molecule has 0 saturated heterocycles. The number of nitrogens with zero attached hydrogens (tertiary/aromatic N) is 1. The number of rotatable bonds is 8. The first kappa shape index (κ1) is 20.0. The molecule has 0 unspecified atom stereocenters. The van der Waals surface area contributed by atoms with E-state index in [2.05, 4.69) is 29.5 Å². The minimum Gasteiger partial charge on any atom is -0.508 e. The number of benzene rings is 1. The molecule has 21 heavy (non-hydrogen) atoms. The predicted molar refractivity (Wildman–Crippen MR) is 101 cm³/mol. The van der Waals surface area contributed by atoms with Crippen LogP contribution in [0, 0.1) is 0 Å². The lowest BCUT2D eigenvalue weighted by Crippen LogP contribution is -2.37. The number of hydrogen-bond acceptors (Lipinski definition) is 2. The zero-order valence-corrected chi connectivity index (χ0v) is 15.4. The van der Waals surface area contributed by atoms with Crippen LogP contribution in [-0.4, -0.2) is 30.7 Å². The molecule has 1 aromatic carbocycles. The third kappa shape index (κ3) is 9.55. The molecule has 0 bridgehead atoms. The van der Waals surface area contributed by atoms with Crippen molar-refractivity contribution in [2.24, 2.45) is 4.99 Å². The zero-order valence-electron chi connectivity index (χ0n) is 13.1. The van der Waals surface area contributed by atoms with E-state index < -0.39 is 0 Å². The number of aliphatic imine (C=N–C) groups is 1. The smallest absolute Gasteiger partial charge is 0.191 e. The Morgan fingerprint density at radius 3 is 2.43 bits per heavy atom. The Morgan fingerprint density at radius 2 is 1.81 bits per heavy atom. The van der Waals surface area contributed by atoms with Gasteiger partial charge in [-0.3, -0.25) is 4.99 Å². The summed E-state index contributed by atoms with van der Waals surface area (Å²) in [5.41, 5.74) is 1.24. The molecule has 0 heterocycles. The number of phenolic OH excluding ortho intramolecular Hbond substituents is 1. The van der Waals surface area contributed by atoms with E-state index in [0.717, 1.165) is 44.9 Å². The fourth-order valence-electron chi connectivity index (χ4n) is 1.86. The summed E-state index contributed by atoms with van der Waals surface area (Å²) in [5.74, 6) is 1.23. The molecule has 0 amide bonds. The van der Waals surface area contributed by atoms with Gasteiger partial charge in [0.2, 0.25) is 0 Å². The first-order chi connectivity index (χ1) is 9.76. The van der Waals surface area contributed by atoms with Crippen LogP contribution in [0.2, 0.25) is 0 Å². The summed E-state index contributed by atoms with van der Waals surface area (Å²) in [6.07, 6.45) is 4.35. The van der Waals surface area contributed by atoms with Crippen molar-refractivity contribution >= 4 is 29.9 Å².